The molecule has 0 aliphatic heterocycles. The zero-order valence-electron chi connectivity index (χ0n) is 9.71. The first-order valence-corrected chi connectivity index (χ1v) is 5.33. The zero-order valence-corrected chi connectivity index (χ0v) is 11.9. The number of aromatic nitrogens is 2. The zero-order chi connectivity index (χ0) is 11.2. The van der Waals surface area contributed by atoms with Gasteiger partial charge in [0.05, 0.1) is 12.4 Å². The molecule has 0 saturated carbocycles. The second-order valence-electron chi connectivity index (χ2n) is 3.65. The number of hydrogen-bond donors (Lipinski definition) is 0. The predicted molar refractivity (Wildman–Crippen MR) is 61.1 cm³/mol. The van der Waals surface area contributed by atoms with Crippen molar-refractivity contribution in [2.75, 3.05) is 6.61 Å². The van der Waals surface area contributed by atoms with E-state index in [9.17, 15) is 0 Å². The Morgan fingerprint density at radius 2 is 2.00 bits per heavy atom. The van der Waals surface area contributed by atoms with Gasteiger partial charge >= 0.3 is 0 Å². The smallest absolute Gasteiger partial charge is 0.187 e. The molecule has 0 aliphatic rings. The van der Waals surface area contributed by atoms with E-state index in [1.165, 1.54) is 5.56 Å². The van der Waals surface area contributed by atoms with Gasteiger partial charge in [-0.3, -0.25) is 4.98 Å². The first-order chi connectivity index (χ1) is 7.84. The molecule has 1 heterocycles. The molecule has 90 valence electrons. The van der Waals surface area contributed by atoms with Crippen LogP contribution in [0.15, 0.2) is 49.1 Å². The van der Waals surface area contributed by atoms with Crippen molar-refractivity contribution in [1.29, 1.82) is 0 Å². The summed E-state index contributed by atoms with van der Waals surface area (Å²) in [6, 6.07) is 8.08. The van der Waals surface area contributed by atoms with Gasteiger partial charge in [-0.05, 0) is 24.6 Å². The highest BCUT2D eigenvalue weighted by atomic mass is 127. The van der Waals surface area contributed by atoms with E-state index < -0.39 is 0 Å². The molecule has 0 N–H and O–H groups in total. The fourth-order valence-electron chi connectivity index (χ4n) is 1.47. The van der Waals surface area contributed by atoms with Gasteiger partial charge in [-0.1, -0.05) is 12.1 Å². The van der Waals surface area contributed by atoms with Crippen molar-refractivity contribution in [3.8, 4) is 5.75 Å². The molecule has 0 radical (unpaired) electrons. The summed E-state index contributed by atoms with van der Waals surface area (Å²) in [5, 5.41) is 0. The van der Waals surface area contributed by atoms with Crippen molar-refractivity contribution < 1.29 is 33.3 Å². The predicted octanol–water partition coefficient (Wildman–Crippen LogP) is -1.24. The minimum Gasteiger partial charge on any atom is -1.00 e. The van der Waals surface area contributed by atoms with Crippen LogP contribution < -0.4 is 33.3 Å². The average Bonchev–Trinajstić information content (AvgIpc) is 2.30. The van der Waals surface area contributed by atoms with Gasteiger partial charge in [-0.2, -0.15) is 4.57 Å². The molecule has 17 heavy (non-hydrogen) atoms. The number of benzene rings is 1. The molecule has 2 rings (SSSR count). The summed E-state index contributed by atoms with van der Waals surface area (Å²) >= 11 is 0. The standard InChI is InChI=1S/C13H15N2O.HI/c1-12-3-2-4-13(11-12)16-10-9-15-7-5-14-6-8-15;/h2-8,11H,9-10H2,1H3;1H/q+1;/p-1. The van der Waals surface area contributed by atoms with Gasteiger partial charge in [-0.25, -0.2) is 0 Å². The van der Waals surface area contributed by atoms with Crippen molar-refractivity contribution in [1.82, 2.24) is 4.98 Å². The van der Waals surface area contributed by atoms with Crippen LogP contribution in [0.3, 0.4) is 0 Å². The maximum absolute atomic E-state index is 5.65. The van der Waals surface area contributed by atoms with Crippen LogP contribution in [0.4, 0.5) is 0 Å². The maximum Gasteiger partial charge on any atom is 0.187 e. The van der Waals surface area contributed by atoms with Crippen LogP contribution in [-0.2, 0) is 6.54 Å². The van der Waals surface area contributed by atoms with E-state index in [1.54, 1.807) is 12.4 Å². The largest absolute Gasteiger partial charge is 1.00 e. The van der Waals surface area contributed by atoms with Crippen molar-refractivity contribution in [2.45, 2.75) is 13.5 Å². The Kier molecular flexibility index (Phi) is 5.90. The third-order valence-electron chi connectivity index (χ3n) is 2.30. The quantitative estimate of drug-likeness (QED) is 0.513. The number of nitrogens with zero attached hydrogens (tertiary/aromatic N) is 2. The fourth-order valence-corrected chi connectivity index (χ4v) is 1.47. The van der Waals surface area contributed by atoms with E-state index in [0.29, 0.717) is 6.61 Å². The van der Waals surface area contributed by atoms with Crippen molar-refractivity contribution in [2.24, 2.45) is 0 Å². The van der Waals surface area contributed by atoms with Gasteiger partial charge in [0, 0.05) is 0 Å². The molecule has 1 aromatic carbocycles. The van der Waals surface area contributed by atoms with Crippen molar-refractivity contribution >= 4 is 0 Å². The summed E-state index contributed by atoms with van der Waals surface area (Å²) in [6.45, 7) is 3.55. The Bertz CT molecular complexity index is 448. The molecule has 1 aromatic heterocycles. The Balaban J connectivity index is 0.00000144. The van der Waals surface area contributed by atoms with Crippen LogP contribution in [0.25, 0.3) is 0 Å². The number of ether oxygens (including phenoxy) is 1. The molecular weight excluding hydrogens is 327 g/mol. The van der Waals surface area contributed by atoms with Crippen LogP contribution in [-0.4, -0.2) is 11.6 Å². The van der Waals surface area contributed by atoms with Gasteiger partial charge in [0.15, 0.2) is 18.9 Å². The minimum atomic E-state index is 0. The van der Waals surface area contributed by atoms with Gasteiger partial charge in [0.1, 0.15) is 12.4 Å². The van der Waals surface area contributed by atoms with Crippen molar-refractivity contribution in [3.63, 3.8) is 0 Å². The highest BCUT2D eigenvalue weighted by Crippen LogP contribution is 2.11. The summed E-state index contributed by atoms with van der Waals surface area (Å²) in [6.07, 6.45) is 7.40. The third-order valence-corrected chi connectivity index (χ3v) is 2.30. The van der Waals surface area contributed by atoms with Gasteiger partial charge in [-0.15, -0.1) is 0 Å². The summed E-state index contributed by atoms with van der Waals surface area (Å²) in [7, 11) is 0. The fraction of sp³-hybridized carbons (Fsp3) is 0.231. The normalized spacial score (nSPS) is 9.47. The highest BCUT2D eigenvalue weighted by Gasteiger charge is 1.99. The van der Waals surface area contributed by atoms with E-state index in [4.69, 9.17) is 4.74 Å². The molecule has 0 unspecified atom stereocenters. The Labute approximate surface area is 118 Å². The lowest BCUT2D eigenvalue weighted by atomic mass is 10.2. The summed E-state index contributed by atoms with van der Waals surface area (Å²) in [5.74, 6) is 0.926. The van der Waals surface area contributed by atoms with Crippen LogP contribution in [0.1, 0.15) is 5.56 Å². The van der Waals surface area contributed by atoms with Crippen LogP contribution in [0.2, 0.25) is 0 Å². The van der Waals surface area contributed by atoms with E-state index in [0.717, 1.165) is 12.3 Å². The lowest BCUT2D eigenvalue weighted by molar-refractivity contribution is -0.698. The molecule has 0 aliphatic carbocycles. The lowest BCUT2D eigenvalue weighted by Crippen LogP contribution is -3.00. The van der Waals surface area contributed by atoms with Gasteiger partial charge in [0.25, 0.3) is 0 Å². The Morgan fingerprint density at radius 1 is 1.24 bits per heavy atom. The minimum absolute atomic E-state index is 0. The first-order valence-electron chi connectivity index (χ1n) is 5.33. The van der Waals surface area contributed by atoms with Crippen LogP contribution >= 0.6 is 0 Å². The lowest BCUT2D eigenvalue weighted by Gasteiger charge is -2.04. The summed E-state index contributed by atoms with van der Waals surface area (Å²) < 4.78 is 7.69. The molecular formula is C13H15IN2O. The van der Waals surface area contributed by atoms with Crippen LogP contribution in [0, 0.1) is 6.92 Å². The first kappa shape index (κ1) is 13.9. The molecule has 0 fully saturated rings. The Morgan fingerprint density at radius 3 is 2.71 bits per heavy atom. The molecule has 0 amide bonds. The second kappa shape index (κ2) is 7.21. The highest BCUT2D eigenvalue weighted by molar-refractivity contribution is 5.27. The monoisotopic (exact) mass is 342 g/mol. The molecule has 3 nitrogen and oxygen atoms in total. The molecule has 0 spiro atoms. The third kappa shape index (κ3) is 4.68. The SMILES string of the molecule is Cc1cccc(OCC[n+]2ccncc2)c1.[I-]. The van der Waals surface area contributed by atoms with E-state index >= 15 is 0 Å². The molecule has 4 heteroatoms. The average molecular weight is 342 g/mol. The molecule has 0 saturated heterocycles. The molecule has 0 bridgehead atoms. The van der Waals surface area contributed by atoms with Gasteiger partial charge in [0.2, 0.25) is 0 Å². The van der Waals surface area contributed by atoms with E-state index in [-0.39, 0.29) is 24.0 Å². The molecule has 2 aromatic rings. The summed E-state index contributed by atoms with van der Waals surface area (Å²) in [5.41, 5.74) is 1.22. The molecule has 0 atom stereocenters. The van der Waals surface area contributed by atoms with Gasteiger partial charge < -0.3 is 28.7 Å². The number of aryl methyl sites for hydroxylation is 1. The van der Waals surface area contributed by atoms with Crippen molar-refractivity contribution in [3.05, 3.63) is 54.6 Å². The maximum atomic E-state index is 5.65. The Hall–Kier alpha value is -1.17. The number of rotatable bonds is 4. The number of hydrogen-bond acceptors (Lipinski definition) is 2. The van der Waals surface area contributed by atoms with E-state index in [2.05, 4.69) is 18.0 Å². The van der Waals surface area contributed by atoms with E-state index in [1.807, 2.05) is 35.2 Å². The topological polar surface area (TPSA) is 26.0 Å². The summed E-state index contributed by atoms with van der Waals surface area (Å²) in [4.78, 5) is 3.96. The second-order valence-corrected chi connectivity index (χ2v) is 3.65. The number of halogens is 1. The van der Waals surface area contributed by atoms with Crippen LogP contribution in [0.5, 0.6) is 5.75 Å².